The predicted octanol–water partition coefficient (Wildman–Crippen LogP) is 2.87. The normalized spacial score (nSPS) is 11.6. The fraction of sp³-hybridized carbons (Fsp3) is 0.294. The van der Waals surface area contributed by atoms with Crippen molar-refractivity contribution in [2.75, 3.05) is 20.7 Å². The molecule has 0 aromatic heterocycles. The predicted molar refractivity (Wildman–Crippen MR) is 87.7 cm³/mol. The first-order valence-electron chi connectivity index (χ1n) is 7.09. The Labute approximate surface area is 132 Å². The molecule has 0 unspecified atom stereocenters. The molecule has 0 aliphatic carbocycles. The minimum absolute atomic E-state index is 0.329. The Morgan fingerprint density at radius 2 is 1.59 bits per heavy atom. The van der Waals surface area contributed by atoms with Crippen molar-refractivity contribution in [2.45, 2.75) is 18.2 Å². The lowest BCUT2D eigenvalue weighted by Gasteiger charge is -2.17. The largest absolute Gasteiger partial charge is 0.497 e. The number of likely N-dealkylation sites (N-methyl/N-ethyl adjacent to an activating group) is 1. The molecule has 5 heteroatoms. The van der Waals surface area contributed by atoms with Gasteiger partial charge >= 0.3 is 0 Å². The molecule has 2 aromatic carbocycles. The van der Waals surface area contributed by atoms with Crippen molar-refractivity contribution in [3.8, 4) is 5.75 Å². The van der Waals surface area contributed by atoms with E-state index in [1.807, 2.05) is 43.3 Å². The van der Waals surface area contributed by atoms with E-state index in [0.29, 0.717) is 17.9 Å². The molecule has 0 aliphatic rings. The van der Waals surface area contributed by atoms with E-state index >= 15 is 0 Å². The fourth-order valence-electron chi connectivity index (χ4n) is 2.09. The highest BCUT2D eigenvalue weighted by Gasteiger charge is 2.20. The minimum atomic E-state index is -3.43. The van der Waals surface area contributed by atoms with E-state index in [9.17, 15) is 8.42 Å². The van der Waals surface area contributed by atoms with Crippen molar-refractivity contribution in [3.05, 3.63) is 59.7 Å². The number of ether oxygens (including phenoxy) is 1. The Morgan fingerprint density at radius 1 is 1.00 bits per heavy atom. The van der Waals surface area contributed by atoms with Crippen LogP contribution in [0.1, 0.15) is 11.1 Å². The lowest BCUT2D eigenvalue weighted by molar-refractivity contribution is 0.414. The van der Waals surface area contributed by atoms with Gasteiger partial charge in [-0.1, -0.05) is 29.8 Å². The summed E-state index contributed by atoms with van der Waals surface area (Å²) in [6, 6.07) is 14.6. The monoisotopic (exact) mass is 319 g/mol. The maximum atomic E-state index is 12.5. The second-order valence-electron chi connectivity index (χ2n) is 5.24. The van der Waals surface area contributed by atoms with Crippen LogP contribution in [0, 0.1) is 6.92 Å². The number of sulfonamides is 1. The van der Waals surface area contributed by atoms with Crippen LogP contribution in [0.25, 0.3) is 0 Å². The van der Waals surface area contributed by atoms with Crippen molar-refractivity contribution >= 4 is 10.0 Å². The second-order valence-corrected chi connectivity index (χ2v) is 7.28. The van der Waals surface area contributed by atoms with E-state index in [1.54, 1.807) is 26.3 Å². The van der Waals surface area contributed by atoms with Crippen molar-refractivity contribution in [2.24, 2.45) is 0 Å². The van der Waals surface area contributed by atoms with Crippen molar-refractivity contribution in [1.29, 1.82) is 0 Å². The summed E-state index contributed by atoms with van der Waals surface area (Å²) in [5, 5.41) is 0. The van der Waals surface area contributed by atoms with Gasteiger partial charge < -0.3 is 4.74 Å². The molecule has 0 aliphatic heterocycles. The summed E-state index contributed by atoms with van der Waals surface area (Å²) in [5.74, 6) is 0.796. The number of benzene rings is 2. The molecule has 0 bridgehead atoms. The Morgan fingerprint density at radius 3 is 2.14 bits per heavy atom. The minimum Gasteiger partial charge on any atom is -0.497 e. The summed E-state index contributed by atoms with van der Waals surface area (Å²) >= 11 is 0. The molecule has 0 fully saturated rings. The Kier molecular flexibility index (Phi) is 5.21. The molecule has 22 heavy (non-hydrogen) atoms. The van der Waals surface area contributed by atoms with Gasteiger partial charge in [-0.2, -0.15) is 0 Å². The van der Waals surface area contributed by atoms with E-state index < -0.39 is 10.0 Å². The zero-order valence-corrected chi connectivity index (χ0v) is 13.9. The van der Waals surface area contributed by atoms with Gasteiger partial charge in [0.1, 0.15) is 5.75 Å². The van der Waals surface area contributed by atoms with Crippen LogP contribution in [0.5, 0.6) is 5.75 Å². The van der Waals surface area contributed by atoms with E-state index in [2.05, 4.69) is 0 Å². The summed E-state index contributed by atoms with van der Waals surface area (Å²) < 4.78 is 31.4. The molecule has 0 saturated heterocycles. The molecular formula is C17H21NO3S. The first-order valence-corrected chi connectivity index (χ1v) is 8.53. The SMILES string of the molecule is COc1ccc(CCN(C)S(=O)(=O)c2ccc(C)cc2)cc1. The summed E-state index contributed by atoms with van der Waals surface area (Å²) in [6.07, 6.45) is 0.658. The standard InChI is InChI=1S/C17H21NO3S/c1-14-4-10-17(11-5-14)22(19,20)18(2)13-12-15-6-8-16(21-3)9-7-15/h4-11H,12-13H2,1-3H3. The van der Waals surface area contributed by atoms with Crippen molar-refractivity contribution in [1.82, 2.24) is 4.31 Å². The molecule has 0 atom stereocenters. The van der Waals surface area contributed by atoms with Gasteiger partial charge in [0, 0.05) is 13.6 Å². The van der Waals surface area contributed by atoms with Crippen LogP contribution in [0.15, 0.2) is 53.4 Å². The third-order valence-electron chi connectivity index (χ3n) is 3.60. The molecule has 2 rings (SSSR count). The lowest BCUT2D eigenvalue weighted by Crippen LogP contribution is -2.29. The van der Waals surface area contributed by atoms with Gasteiger partial charge in [-0.15, -0.1) is 0 Å². The molecule has 118 valence electrons. The molecule has 0 N–H and O–H groups in total. The second kappa shape index (κ2) is 6.94. The Hall–Kier alpha value is -1.85. The maximum Gasteiger partial charge on any atom is 0.242 e. The topological polar surface area (TPSA) is 46.6 Å². The molecule has 0 radical (unpaired) electrons. The zero-order chi connectivity index (χ0) is 16.2. The summed E-state index contributed by atoms with van der Waals surface area (Å²) in [6.45, 7) is 2.37. The van der Waals surface area contributed by atoms with Crippen LogP contribution >= 0.6 is 0 Å². The van der Waals surface area contributed by atoms with Gasteiger partial charge in [-0.05, 0) is 43.2 Å². The average molecular weight is 319 g/mol. The van der Waals surface area contributed by atoms with Gasteiger partial charge in [0.15, 0.2) is 0 Å². The number of hydrogen-bond acceptors (Lipinski definition) is 3. The van der Waals surface area contributed by atoms with E-state index in [-0.39, 0.29) is 0 Å². The summed E-state index contributed by atoms with van der Waals surface area (Å²) in [4.78, 5) is 0.329. The van der Waals surface area contributed by atoms with Crippen LogP contribution < -0.4 is 4.74 Å². The van der Waals surface area contributed by atoms with Crippen LogP contribution in [0.2, 0.25) is 0 Å². The number of aryl methyl sites for hydroxylation is 1. The van der Waals surface area contributed by atoms with Crippen molar-refractivity contribution in [3.63, 3.8) is 0 Å². The van der Waals surface area contributed by atoms with Crippen LogP contribution in [-0.4, -0.2) is 33.4 Å². The highest BCUT2D eigenvalue weighted by Crippen LogP contribution is 2.16. The van der Waals surface area contributed by atoms with Crippen LogP contribution in [-0.2, 0) is 16.4 Å². The van der Waals surface area contributed by atoms with Gasteiger partial charge in [-0.25, -0.2) is 12.7 Å². The molecular weight excluding hydrogens is 298 g/mol. The molecule has 2 aromatic rings. The average Bonchev–Trinajstić information content (AvgIpc) is 2.53. The molecule has 0 saturated carbocycles. The molecule has 0 spiro atoms. The van der Waals surface area contributed by atoms with Gasteiger partial charge in [-0.3, -0.25) is 0 Å². The van der Waals surface area contributed by atoms with Crippen molar-refractivity contribution < 1.29 is 13.2 Å². The van der Waals surface area contributed by atoms with Gasteiger partial charge in [0.25, 0.3) is 0 Å². The third kappa shape index (κ3) is 3.87. The zero-order valence-electron chi connectivity index (χ0n) is 13.1. The van der Waals surface area contributed by atoms with Crippen LogP contribution in [0.4, 0.5) is 0 Å². The first-order chi connectivity index (χ1) is 10.4. The van der Waals surface area contributed by atoms with E-state index in [1.165, 1.54) is 4.31 Å². The smallest absolute Gasteiger partial charge is 0.242 e. The number of nitrogens with zero attached hydrogens (tertiary/aromatic N) is 1. The Bertz CT molecular complexity index is 707. The van der Waals surface area contributed by atoms with E-state index in [4.69, 9.17) is 4.74 Å². The maximum absolute atomic E-state index is 12.5. The van der Waals surface area contributed by atoms with E-state index in [0.717, 1.165) is 16.9 Å². The molecule has 4 nitrogen and oxygen atoms in total. The van der Waals surface area contributed by atoms with Gasteiger partial charge in [0.05, 0.1) is 12.0 Å². The first kappa shape index (κ1) is 16.5. The van der Waals surface area contributed by atoms with Crippen LogP contribution in [0.3, 0.4) is 0 Å². The molecule has 0 heterocycles. The third-order valence-corrected chi connectivity index (χ3v) is 5.47. The van der Waals surface area contributed by atoms with Gasteiger partial charge in [0.2, 0.25) is 10.0 Å². The highest BCUT2D eigenvalue weighted by atomic mass is 32.2. The fourth-order valence-corrected chi connectivity index (χ4v) is 3.26. The lowest BCUT2D eigenvalue weighted by atomic mass is 10.1. The number of hydrogen-bond donors (Lipinski definition) is 0. The quantitative estimate of drug-likeness (QED) is 0.822. The number of methoxy groups -OCH3 is 1. The Balaban J connectivity index is 2.04. The summed E-state index contributed by atoms with van der Waals surface area (Å²) in [7, 11) is -0.198. The number of rotatable bonds is 6. The highest BCUT2D eigenvalue weighted by molar-refractivity contribution is 7.89. The summed E-state index contributed by atoms with van der Waals surface area (Å²) in [5.41, 5.74) is 2.12. The molecule has 0 amide bonds.